The van der Waals surface area contributed by atoms with E-state index in [1.807, 2.05) is 0 Å². The summed E-state index contributed by atoms with van der Waals surface area (Å²) in [5.74, 6) is 0. The van der Waals surface area contributed by atoms with Crippen molar-refractivity contribution in [3.63, 3.8) is 0 Å². The Kier molecular flexibility index (Phi) is 2.27. The fraction of sp³-hybridized carbons (Fsp3) is 0.0909. The third-order valence-electron chi connectivity index (χ3n) is 2.09. The predicted octanol–water partition coefficient (Wildman–Crippen LogP) is 2.93. The number of hydrogen-bond acceptors (Lipinski definition) is 2. The van der Waals surface area contributed by atoms with Crippen LogP contribution in [0.25, 0.3) is 10.9 Å². The van der Waals surface area contributed by atoms with Gasteiger partial charge in [0.15, 0.2) is 0 Å². The molecule has 0 unspecified atom stereocenters. The lowest BCUT2D eigenvalue weighted by Gasteiger charge is -2.09. The Morgan fingerprint density at radius 1 is 1.31 bits per heavy atom. The van der Waals surface area contributed by atoms with Gasteiger partial charge in [0.05, 0.1) is 16.6 Å². The summed E-state index contributed by atoms with van der Waals surface area (Å²) in [7, 11) is 0. The first-order valence-electron chi connectivity index (χ1n) is 4.31. The molecule has 0 aliphatic heterocycles. The molecule has 0 aliphatic rings. The molecule has 2 rings (SSSR count). The molecular formula is C11H4F3N2. The van der Waals surface area contributed by atoms with Crippen LogP contribution in [0.5, 0.6) is 0 Å². The van der Waals surface area contributed by atoms with Crippen LogP contribution >= 0.6 is 0 Å². The van der Waals surface area contributed by atoms with Gasteiger partial charge in [-0.25, -0.2) is 4.98 Å². The highest BCUT2D eigenvalue weighted by Gasteiger charge is 2.32. The minimum absolute atomic E-state index is 0.0100. The van der Waals surface area contributed by atoms with Crippen LogP contribution in [-0.4, -0.2) is 4.98 Å². The van der Waals surface area contributed by atoms with Gasteiger partial charge < -0.3 is 0 Å². The summed E-state index contributed by atoms with van der Waals surface area (Å²) in [4.78, 5) is 3.68. The normalized spacial score (nSPS) is 11.4. The van der Waals surface area contributed by atoms with Crippen molar-refractivity contribution in [1.82, 2.24) is 4.98 Å². The fourth-order valence-corrected chi connectivity index (χ4v) is 1.40. The van der Waals surface area contributed by atoms with Crippen LogP contribution in [0.1, 0.15) is 11.1 Å². The average Bonchev–Trinajstić information content (AvgIpc) is 2.26. The molecule has 0 saturated heterocycles. The van der Waals surface area contributed by atoms with Crippen molar-refractivity contribution in [2.45, 2.75) is 6.18 Å². The van der Waals surface area contributed by atoms with Gasteiger partial charge in [0.25, 0.3) is 0 Å². The summed E-state index contributed by atoms with van der Waals surface area (Å²) < 4.78 is 37.9. The highest BCUT2D eigenvalue weighted by molar-refractivity contribution is 5.83. The van der Waals surface area contributed by atoms with Gasteiger partial charge in [0.1, 0.15) is 12.3 Å². The van der Waals surface area contributed by atoms with E-state index >= 15 is 0 Å². The van der Waals surface area contributed by atoms with Gasteiger partial charge in [-0.3, -0.25) is 0 Å². The molecule has 0 atom stereocenters. The molecule has 5 heteroatoms. The molecule has 0 amide bonds. The average molecular weight is 221 g/mol. The molecule has 0 spiro atoms. The van der Waals surface area contributed by atoms with Crippen LogP contribution in [0.2, 0.25) is 0 Å². The molecule has 1 radical (unpaired) electrons. The largest absolute Gasteiger partial charge is 0.417 e. The number of benzene rings is 1. The van der Waals surface area contributed by atoms with Crippen LogP contribution in [0.4, 0.5) is 13.2 Å². The maximum atomic E-state index is 12.6. The molecule has 0 fully saturated rings. The lowest BCUT2D eigenvalue weighted by Crippen LogP contribution is -2.06. The van der Waals surface area contributed by atoms with E-state index in [2.05, 4.69) is 11.2 Å². The van der Waals surface area contributed by atoms with Gasteiger partial charge in [-0.05, 0) is 18.2 Å². The summed E-state index contributed by atoms with van der Waals surface area (Å²) in [5.41, 5.74) is -0.624. The van der Waals surface area contributed by atoms with Crippen molar-refractivity contribution in [3.8, 4) is 6.07 Å². The molecule has 79 valence electrons. The monoisotopic (exact) mass is 221 g/mol. The Morgan fingerprint density at radius 3 is 2.69 bits per heavy atom. The summed E-state index contributed by atoms with van der Waals surface area (Å²) >= 11 is 0. The second kappa shape index (κ2) is 3.49. The second-order valence-electron chi connectivity index (χ2n) is 3.13. The van der Waals surface area contributed by atoms with Crippen molar-refractivity contribution >= 4 is 10.9 Å². The van der Waals surface area contributed by atoms with Gasteiger partial charge in [-0.2, -0.15) is 18.4 Å². The molecule has 2 nitrogen and oxygen atoms in total. The molecule has 0 saturated carbocycles. The Bertz CT molecular complexity index is 582. The van der Waals surface area contributed by atoms with Gasteiger partial charge in [0, 0.05) is 5.39 Å². The maximum absolute atomic E-state index is 12.6. The third kappa shape index (κ3) is 1.70. The Labute approximate surface area is 89.0 Å². The van der Waals surface area contributed by atoms with E-state index in [9.17, 15) is 13.2 Å². The highest BCUT2D eigenvalue weighted by Crippen LogP contribution is 2.34. The van der Waals surface area contributed by atoms with Crippen LogP contribution in [0, 0.1) is 17.5 Å². The molecule has 0 N–H and O–H groups in total. The number of nitrogens with zero attached hydrogens (tertiary/aromatic N) is 2. The number of alkyl halides is 3. The fourth-order valence-electron chi connectivity index (χ4n) is 1.40. The van der Waals surface area contributed by atoms with E-state index in [1.165, 1.54) is 12.1 Å². The van der Waals surface area contributed by atoms with E-state index in [1.54, 1.807) is 6.07 Å². The minimum Gasteiger partial charge on any atom is -0.245 e. The zero-order valence-electron chi connectivity index (χ0n) is 7.84. The summed E-state index contributed by atoms with van der Waals surface area (Å²) in [6.45, 7) is 0. The van der Waals surface area contributed by atoms with Crippen molar-refractivity contribution in [3.05, 3.63) is 41.6 Å². The molecule has 1 aromatic heterocycles. The SMILES string of the molecule is N#Cc1[c]nc2cccc(C(F)(F)F)c2c1. The van der Waals surface area contributed by atoms with Crippen LogP contribution < -0.4 is 0 Å². The molecule has 2 aromatic rings. The smallest absolute Gasteiger partial charge is 0.245 e. The molecule has 1 aromatic carbocycles. The minimum atomic E-state index is -4.45. The van der Waals surface area contributed by atoms with Crippen molar-refractivity contribution in [2.75, 3.05) is 0 Å². The summed E-state index contributed by atoms with van der Waals surface area (Å²) in [6, 6.07) is 6.54. The first kappa shape index (κ1) is 10.4. The van der Waals surface area contributed by atoms with E-state index in [0.717, 1.165) is 12.1 Å². The highest BCUT2D eigenvalue weighted by atomic mass is 19.4. The predicted molar refractivity (Wildman–Crippen MR) is 50.3 cm³/mol. The van der Waals surface area contributed by atoms with Gasteiger partial charge in [-0.15, -0.1) is 0 Å². The molecular weight excluding hydrogens is 217 g/mol. The summed E-state index contributed by atoms with van der Waals surface area (Å²) in [5, 5.41) is 8.51. The molecule has 0 bridgehead atoms. The first-order valence-corrected chi connectivity index (χ1v) is 4.31. The number of nitriles is 1. The number of rotatable bonds is 0. The number of fused-ring (bicyclic) bond motifs is 1. The molecule has 16 heavy (non-hydrogen) atoms. The Hall–Kier alpha value is -2.09. The molecule has 0 aliphatic carbocycles. The molecule has 1 heterocycles. The summed E-state index contributed by atoms with van der Waals surface area (Å²) in [6.07, 6.45) is -2.09. The van der Waals surface area contributed by atoms with Crippen molar-refractivity contribution in [1.29, 1.82) is 5.26 Å². The van der Waals surface area contributed by atoms with Crippen molar-refractivity contribution < 1.29 is 13.2 Å². The van der Waals surface area contributed by atoms with Crippen LogP contribution in [-0.2, 0) is 6.18 Å². The Balaban J connectivity index is 2.80. The maximum Gasteiger partial charge on any atom is 0.417 e. The topological polar surface area (TPSA) is 36.7 Å². The zero-order chi connectivity index (χ0) is 11.8. The van der Waals surface area contributed by atoms with E-state index in [4.69, 9.17) is 5.26 Å². The number of hydrogen-bond donors (Lipinski definition) is 0. The second-order valence-corrected chi connectivity index (χ2v) is 3.13. The van der Waals surface area contributed by atoms with Gasteiger partial charge >= 0.3 is 6.18 Å². The third-order valence-corrected chi connectivity index (χ3v) is 2.09. The van der Waals surface area contributed by atoms with Gasteiger partial charge in [-0.1, -0.05) is 6.07 Å². The number of pyridine rings is 1. The first-order chi connectivity index (χ1) is 7.52. The van der Waals surface area contributed by atoms with Crippen LogP contribution in [0.15, 0.2) is 24.3 Å². The van der Waals surface area contributed by atoms with Gasteiger partial charge in [0.2, 0.25) is 0 Å². The van der Waals surface area contributed by atoms with E-state index in [-0.39, 0.29) is 16.5 Å². The zero-order valence-corrected chi connectivity index (χ0v) is 7.84. The quantitative estimate of drug-likeness (QED) is 0.685. The Morgan fingerprint density at radius 2 is 2.06 bits per heavy atom. The lowest BCUT2D eigenvalue weighted by atomic mass is 10.1. The van der Waals surface area contributed by atoms with E-state index < -0.39 is 11.7 Å². The standard InChI is InChI=1S/C11H4F3N2/c12-11(13,14)9-2-1-3-10-8(9)4-7(5-15)6-16-10/h1-4H. The number of aromatic nitrogens is 1. The van der Waals surface area contributed by atoms with Crippen molar-refractivity contribution in [2.24, 2.45) is 0 Å². The lowest BCUT2D eigenvalue weighted by molar-refractivity contribution is -0.136. The van der Waals surface area contributed by atoms with Crippen LogP contribution in [0.3, 0.4) is 0 Å². The number of halogens is 3. The van der Waals surface area contributed by atoms with E-state index in [0.29, 0.717) is 0 Å².